The summed E-state index contributed by atoms with van der Waals surface area (Å²) in [5.74, 6) is 0.453. The van der Waals surface area contributed by atoms with Gasteiger partial charge in [-0.15, -0.1) is 0 Å². The Morgan fingerprint density at radius 3 is 2.62 bits per heavy atom. The molecule has 1 aromatic rings. The molecule has 1 aliphatic rings. The molecule has 0 aliphatic carbocycles. The third-order valence-electron chi connectivity index (χ3n) is 3.00. The summed E-state index contributed by atoms with van der Waals surface area (Å²) in [6, 6.07) is 3.25. The van der Waals surface area contributed by atoms with Crippen LogP contribution in [0.25, 0.3) is 0 Å². The first kappa shape index (κ1) is 11.2. The third kappa shape index (κ3) is 1.54. The number of hydrogen-bond donors (Lipinski definition) is 2. The SMILES string of the molecule is COc1c(O)ccc2c1[C@H](C)O[C@@H](C)[C@@H]2O. The van der Waals surface area contributed by atoms with Gasteiger partial charge >= 0.3 is 0 Å². The summed E-state index contributed by atoms with van der Waals surface area (Å²) < 4.78 is 10.7. The van der Waals surface area contributed by atoms with Crippen LogP contribution in [0.15, 0.2) is 12.1 Å². The predicted molar refractivity (Wildman–Crippen MR) is 58.6 cm³/mol. The Morgan fingerprint density at radius 1 is 1.31 bits per heavy atom. The van der Waals surface area contributed by atoms with Gasteiger partial charge in [-0.05, 0) is 25.5 Å². The van der Waals surface area contributed by atoms with Crippen LogP contribution in [-0.4, -0.2) is 23.4 Å². The first-order chi connectivity index (χ1) is 7.56. The Morgan fingerprint density at radius 2 is 2.00 bits per heavy atom. The summed E-state index contributed by atoms with van der Waals surface area (Å²) in [5, 5.41) is 19.7. The Hall–Kier alpha value is -1.26. The summed E-state index contributed by atoms with van der Waals surface area (Å²) in [6.07, 6.45) is -1.13. The molecule has 88 valence electrons. The van der Waals surface area contributed by atoms with Crippen molar-refractivity contribution in [1.29, 1.82) is 0 Å². The molecule has 2 rings (SSSR count). The second-order valence-electron chi connectivity index (χ2n) is 4.05. The molecule has 1 aromatic carbocycles. The molecule has 4 nitrogen and oxygen atoms in total. The summed E-state index contributed by atoms with van der Waals surface area (Å²) in [5.41, 5.74) is 1.49. The lowest BCUT2D eigenvalue weighted by atomic mass is 9.92. The molecule has 0 unspecified atom stereocenters. The van der Waals surface area contributed by atoms with Crippen LogP contribution in [0.2, 0.25) is 0 Å². The van der Waals surface area contributed by atoms with Crippen molar-refractivity contribution < 1.29 is 19.7 Å². The molecule has 16 heavy (non-hydrogen) atoms. The van der Waals surface area contributed by atoms with Crippen LogP contribution in [0, 0.1) is 0 Å². The topological polar surface area (TPSA) is 58.9 Å². The molecule has 3 atom stereocenters. The van der Waals surface area contributed by atoms with Crippen molar-refractivity contribution in [2.75, 3.05) is 7.11 Å². The maximum atomic E-state index is 10.00. The van der Waals surface area contributed by atoms with Crippen LogP contribution in [0.3, 0.4) is 0 Å². The number of phenolic OH excluding ortho intramolecular Hbond substituents is 1. The van der Waals surface area contributed by atoms with Gasteiger partial charge in [-0.25, -0.2) is 0 Å². The highest BCUT2D eigenvalue weighted by atomic mass is 16.5. The molecule has 0 saturated carbocycles. The van der Waals surface area contributed by atoms with Crippen LogP contribution >= 0.6 is 0 Å². The van der Waals surface area contributed by atoms with Gasteiger partial charge in [-0.3, -0.25) is 0 Å². The molecule has 1 aliphatic heterocycles. The van der Waals surface area contributed by atoms with Crippen LogP contribution in [0.5, 0.6) is 11.5 Å². The van der Waals surface area contributed by atoms with E-state index in [9.17, 15) is 10.2 Å². The molecule has 2 N–H and O–H groups in total. The highest BCUT2D eigenvalue weighted by Gasteiger charge is 2.33. The number of phenols is 1. The molecule has 0 amide bonds. The van der Waals surface area contributed by atoms with Crippen LogP contribution in [-0.2, 0) is 4.74 Å². The smallest absolute Gasteiger partial charge is 0.166 e. The monoisotopic (exact) mass is 224 g/mol. The summed E-state index contributed by atoms with van der Waals surface area (Å²) in [4.78, 5) is 0. The summed E-state index contributed by atoms with van der Waals surface area (Å²) >= 11 is 0. The Bertz CT molecular complexity index is 402. The second kappa shape index (κ2) is 3.96. The van der Waals surface area contributed by atoms with E-state index in [4.69, 9.17) is 9.47 Å². The van der Waals surface area contributed by atoms with E-state index in [1.165, 1.54) is 13.2 Å². The van der Waals surface area contributed by atoms with E-state index in [-0.39, 0.29) is 18.0 Å². The zero-order valence-electron chi connectivity index (χ0n) is 9.60. The quantitative estimate of drug-likeness (QED) is 0.765. The van der Waals surface area contributed by atoms with E-state index in [2.05, 4.69) is 0 Å². The van der Waals surface area contributed by atoms with Crippen LogP contribution in [0.1, 0.15) is 37.2 Å². The molecule has 4 heteroatoms. The lowest BCUT2D eigenvalue weighted by molar-refractivity contribution is -0.0817. The number of aliphatic hydroxyl groups excluding tert-OH is 1. The molecule has 0 fully saturated rings. The fraction of sp³-hybridized carbons (Fsp3) is 0.500. The predicted octanol–water partition coefficient (Wildman–Crippen LogP) is 1.91. The largest absolute Gasteiger partial charge is 0.504 e. The minimum Gasteiger partial charge on any atom is -0.504 e. The number of benzene rings is 1. The zero-order chi connectivity index (χ0) is 11.9. The third-order valence-corrected chi connectivity index (χ3v) is 3.00. The average molecular weight is 224 g/mol. The Labute approximate surface area is 94.4 Å². The molecule has 0 radical (unpaired) electrons. The molecule has 0 saturated heterocycles. The fourth-order valence-electron chi connectivity index (χ4n) is 2.21. The van der Waals surface area contributed by atoms with Crippen LogP contribution in [0.4, 0.5) is 0 Å². The fourth-order valence-corrected chi connectivity index (χ4v) is 2.21. The van der Waals surface area contributed by atoms with Gasteiger partial charge in [-0.2, -0.15) is 0 Å². The van der Waals surface area contributed by atoms with E-state index in [0.29, 0.717) is 5.75 Å². The normalized spacial score (nSPS) is 28.6. The summed E-state index contributed by atoms with van der Waals surface area (Å²) in [7, 11) is 1.49. The summed E-state index contributed by atoms with van der Waals surface area (Å²) in [6.45, 7) is 3.70. The van der Waals surface area contributed by atoms with Gasteiger partial charge < -0.3 is 19.7 Å². The van der Waals surface area contributed by atoms with Crippen molar-refractivity contribution >= 4 is 0 Å². The number of aromatic hydroxyl groups is 1. The first-order valence-corrected chi connectivity index (χ1v) is 5.29. The number of rotatable bonds is 1. The van der Waals surface area contributed by atoms with Gasteiger partial charge in [0.25, 0.3) is 0 Å². The number of hydrogen-bond acceptors (Lipinski definition) is 4. The van der Waals surface area contributed by atoms with Gasteiger partial charge in [0.15, 0.2) is 11.5 Å². The van der Waals surface area contributed by atoms with E-state index in [1.54, 1.807) is 6.07 Å². The van der Waals surface area contributed by atoms with Crippen molar-refractivity contribution in [3.63, 3.8) is 0 Å². The molecule has 0 spiro atoms. The van der Waals surface area contributed by atoms with Crippen molar-refractivity contribution in [2.45, 2.75) is 32.2 Å². The van der Waals surface area contributed by atoms with Gasteiger partial charge in [-0.1, -0.05) is 6.07 Å². The molecule has 1 heterocycles. The maximum absolute atomic E-state index is 10.00. The van der Waals surface area contributed by atoms with Crippen molar-refractivity contribution in [2.24, 2.45) is 0 Å². The zero-order valence-corrected chi connectivity index (χ0v) is 9.60. The lowest BCUT2D eigenvalue weighted by Gasteiger charge is -2.33. The van der Waals surface area contributed by atoms with Gasteiger partial charge in [0.1, 0.15) is 6.10 Å². The molecule has 0 aromatic heterocycles. The number of ether oxygens (including phenoxy) is 2. The first-order valence-electron chi connectivity index (χ1n) is 5.29. The van der Waals surface area contributed by atoms with E-state index in [0.717, 1.165) is 11.1 Å². The van der Waals surface area contributed by atoms with Gasteiger partial charge in [0.05, 0.1) is 19.3 Å². The van der Waals surface area contributed by atoms with Crippen molar-refractivity contribution in [1.82, 2.24) is 0 Å². The van der Waals surface area contributed by atoms with E-state index >= 15 is 0 Å². The van der Waals surface area contributed by atoms with E-state index < -0.39 is 6.10 Å². The Kier molecular flexibility index (Phi) is 2.78. The maximum Gasteiger partial charge on any atom is 0.166 e. The highest BCUT2D eigenvalue weighted by molar-refractivity contribution is 5.52. The number of aliphatic hydroxyl groups is 1. The second-order valence-corrected chi connectivity index (χ2v) is 4.05. The molecule has 0 bridgehead atoms. The minimum atomic E-state index is -0.680. The van der Waals surface area contributed by atoms with Crippen LogP contribution < -0.4 is 4.74 Å². The molecular formula is C12H16O4. The average Bonchev–Trinajstić information content (AvgIpc) is 2.25. The molecular weight excluding hydrogens is 208 g/mol. The number of methoxy groups -OCH3 is 1. The van der Waals surface area contributed by atoms with Crippen molar-refractivity contribution in [3.8, 4) is 11.5 Å². The van der Waals surface area contributed by atoms with E-state index in [1.807, 2.05) is 13.8 Å². The van der Waals surface area contributed by atoms with Crippen molar-refractivity contribution in [3.05, 3.63) is 23.3 Å². The number of fused-ring (bicyclic) bond motifs is 1. The van der Waals surface area contributed by atoms with Gasteiger partial charge in [0.2, 0.25) is 0 Å². The lowest BCUT2D eigenvalue weighted by Crippen LogP contribution is -2.27. The minimum absolute atomic E-state index is 0.0680. The Balaban J connectivity index is 2.61. The highest BCUT2D eigenvalue weighted by Crippen LogP contribution is 2.44. The van der Waals surface area contributed by atoms with Gasteiger partial charge in [0, 0.05) is 5.56 Å². The standard InChI is InChI=1S/C12H16O4/c1-6-10-8(11(14)7(2)16-6)4-5-9(13)12(10)15-3/h4-7,11,13-14H,1-3H3/t6-,7-,11-/m0/s1.